The molecule has 0 spiro atoms. The van der Waals surface area contributed by atoms with Gasteiger partial charge in [-0.05, 0) is 51.4 Å². The van der Waals surface area contributed by atoms with Crippen molar-refractivity contribution in [1.29, 1.82) is 0 Å². The predicted molar refractivity (Wildman–Crippen MR) is 229 cm³/mol. The topological polar surface area (TPSA) is 117 Å². The van der Waals surface area contributed by atoms with Gasteiger partial charge in [-0.25, -0.2) is 4.57 Å². The lowest BCUT2D eigenvalue weighted by atomic mass is 10.0. The van der Waals surface area contributed by atoms with Gasteiger partial charge in [0.05, 0.1) is 19.8 Å². The smallest absolute Gasteiger partial charge is 0.457 e. The third kappa shape index (κ3) is 41.6. The van der Waals surface area contributed by atoms with E-state index < -0.39 is 13.9 Å². The Balaban J connectivity index is 4.03. The summed E-state index contributed by atoms with van der Waals surface area (Å²) in [6.07, 6.45) is 50.0. The van der Waals surface area contributed by atoms with Crippen molar-refractivity contribution in [3.63, 3.8) is 0 Å². The Morgan fingerprint density at radius 2 is 1.04 bits per heavy atom. The largest absolute Gasteiger partial charge is 0.472 e. The molecule has 9 heteroatoms. The first kappa shape index (κ1) is 52.5. The summed E-state index contributed by atoms with van der Waals surface area (Å²) in [6, 6.07) is 0. The van der Waals surface area contributed by atoms with Crippen LogP contribution >= 0.6 is 7.82 Å². The minimum atomic E-state index is -4.29. The first-order valence-electron chi connectivity index (χ1n) is 22.1. The second-order valence-corrected chi connectivity index (χ2v) is 16.0. The summed E-state index contributed by atoms with van der Waals surface area (Å²) in [5.41, 5.74) is 5.37. The predicted octanol–water partition coefficient (Wildman–Crippen LogP) is 13.2. The highest BCUT2D eigenvalue weighted by atomic mass is 31.2. The summed E-state index contributed by atoms with van der Waals surface area (Å²) in [4.78, 5) is 22.4. The highest BCUT2D eigenvalue weighted by Crippen LogP contribution is 2.43. The second kappa shape index (κ2) is 42.6. The molecule has 54 heavy (non-hydrogen) atoms. The van der Waals surface area contributed by atoms with Gasteiger partial charge in [0, 0.05) is 19.6 Å². The molecule has 0 aromatic carbocycles. The third-order valence-electron chi connectivity index (χ3n) is 9.26. The van der Waals surface area contributed by atoms with E-state index in [1.54, 1.807) is 0 Å². The lowest BCUT2D eigenvalue weighted by Gasteiger charge is -2.20. The van der Waals surface area contributed by atoms with Gasteiger partial charge in [-0.3, -0.25) is 13.8 Å². The number of allylic oxidation sites excluding steroid dienone is 8. The molecule has 0 heterocycles. The summed E-state index contributed by atoms with van der Waals surface area (Å²) < 4.78 is 33.4. The number of ether oxygens (including phenoxy) is 2. The van der Waals surface area contributed by atoms with Crippen LogP contribution in [0.4, 0.5) is 0 Å². The summed E-state index contributed by atoms with van der Waals surface area (Å²) in [5, 5.41) is 0. The van der Waals surface area contributed by atoms with E-state index in [2.05, 4.69) is 62.5 Å². The Hall–Kier alpha value is -1.54. The molecular weight excluding hydrogens is 697 g/mol. The van der Waals surface area contributed by atoms with Crippen LogP contribution in [0.1, 0.15) is 194 Å². The van der Waals surface area contributed by atoms with E-state index in [0.29, 0.717) is 13.0 Å². The first-order chi connectivity index (χ1) is 26.4. The van der Waals surface area contributed by atoms with Crippen LogP contribution in [0.25, 0.3) is 0 Å². The quantitative estimate of drug-likeness (QED) is 0.0272. The van der Waals surface area contributed by atoms with Crippen LogP contribution in [0, 0.1) is 0 Å². The molecule has 0 aromatic heterocycles. The van der Waals surface area contributed by atoms with Crippen molar-refractivity contribution in [3.8, 4) is 0 Å². The molecule has 0 saturated heterocycles. The Labute approximate surface area is 332 Å². The number of hydrogen-bond donors (Lipinski definition) is 2. The molecule has 0 bridgehead atoms. The highest BCUT2D eigenvalue weighted by molar-refractivity contribution is 7.47. The molecule has 0 aliphatic carbocycles. The molecule has 2 unspecified atom stereocenters. The monoisotopic (exact) mass is 782 g/mol. The molecule has 0 rings (SSSR count). The molecule has 8 nitrogen and oxygen atoms in total. The van der Waals surface area contributed by atoms with E-state index in [0.717, 1.165) is 51.4 Å². The molecule has 0 aliphatic heterocycles. The molecule has 0 aliphatic rings. The SMILES string of the molecule is CC/C=C\C/C=C\C/C=C\C/C=C\CCCCC(=O)OC(COCCCCCCCCCCCCCCCCCCCCCC)COP(=O)(O)OCCN. The average Bonchev–Trinajstić information content (AvgIpc) is 3.16. The minimum Gasteiger partial charge on any atom is -0.457 e. The summed E-state index contributed by atoms with van der Waals surface area (Å²) >= 11 is 0. The number of carbonyl (C=O) groups excluding carboxylic acids is 1. The summed E-state index contributed by atoms with van der Waals surface area (Å²) in [5.74, 6) is -0.369. The van der Waals surface area contributed by atoms with Gasteiger partial charge in [-0.15, -0.1) is 0 Å². The molecule has 0 radical (unpaired) electrons. The number of hydrogen-bond acceptors (Lipinski definition) is 7. The average molecular weight is 782 g/mol. The third-order valence-corrected chi connectivity index (χ3v) is 10.2. The summed E-state index contributed by atoms with van der Waals surface area (Å²) in [6.45, 7) is 4.77. The normalized spacial score (nSPS) is 13.9. The lowest BCUT2D eigenvalue weighted by molar-refractivity contribution is -0.154. The molecule has 316 valence electrons. The maximum atomic E-state index is 12.6. The minimum absolute atomic E-state index is 0.0931. The Bertz CT molecular complexity index is 968. The van der Waals surface area contributed by atoms with E-state index in [1.165, 1.54) is 116 Å². The fourth-order valence-corrected chi connectivity index (χ4v) is 6.81. The number of unbranched alkanes of at least 4 members (excludes halogenated alkanes) is 21. The van der Waals surface area contributed by atoms with Crippen molar-refractivity contribution in [2.75, 3.05) is 33.0 Å². The molecule has 0 fully saturated rings. The van der Waals surface area contributed by atoms with Crippen molar-refractivity contribution >= 4 is 13.8 Å². The molecule has 3 N–H and O–H groups in total. The van der Waals surface area contributed by atoms with Gasteiger partial charge in [0.2, 0.25) is 0 Å². The zero-order valence-electron chi connectivity index (χ0n) is 35.0. The van der Waals surface area contributed by atoms with Crippen molar-refractivity contribution in [2.45, 2.75) is 200 Å². The van der Waals surface area contributed by atoms with E-state index in [4.69, 9.17) is 24.3 Å². The zero-order chi connectivity index (χ0) is 39.5. The Morgan fingerprint density at radius 1 is 0.574 bits per heavy atom. The van der Waals surface area contributed by atoms with Crippen LogP contribution in [0.3, 0.4) is 0 Å². The standard InChI is InChI=1S/C45H84NO7P/c1-3-5-7-9-11-13-15-17-19-20-21-22-23-25-27-29-31-33-35-37-40-50-42-44(43-52-54(48,49)51-41-39-46)53-45(47)38-36-34-32-30-28-26-24-18-16-14-12-10-8-6-4-2/h6,8,12,14,18,24,28,30,44H,3-5,7,9-11,13,15-17,19-23,25-27,29,31-43,46H2,1-2H3,(H,48,49)/b8-6-,14-12-,24-18-,30-28-. The van der Waals surface area contributed by atoms with Crippen molar-refractivity contribution < 1.29 is 32.8 Å². The van der Waals surface area contributed by atoms with Gasteiger partial charge in [-0.1, -0.05) is 184 Å². The van der Waals surface area contributed by atoms with Gasteiger partial charge in [0.15, 0.2) is 0 Å². The Kier molecular flexibility index (Phi) is 41.4. The Morgan fingerprint density at radius 3 is 1.52 bits per heavy atom. The van der Waals surface area contributed by atoms with E-state index in [1.807, 2.05) is 0 Å². The fraction of sp³-hybridized carbons (Fsp3) is 0.800. The molecule has 0 amide bonds. The van der Waals surface area contributed by atoms with Gasteiger partial charge >= 0.3 is 13.8 Å². The highest BCUT2D eigenvalue weighted by Gasteiger charge is 2.25. The number of rotatable bonds is 42. The number of nitrogens with two attached hydrogens (primary N) is 1. The van der Waals surface area contributed by atoms with Gasteiger partial charge in [0.25, 0.3) is 0 Å². The molecule has 0 aromatic rings. The van der Waals surface area contributed by atoms with Crippen molar-refractivity contribution in [3.05, 3.63) is 48.6 Å². The number of phosphoric ester groups is 1. The number of esters is 1. The second-order valence-electron chi connectivity index (χ2n) is 14.5. The van der Waals surface area contributed by atoms with Gasteiger partial charge in [-0.2, -0.15) is 0 Å². The van der Waals surface area contributed by atoms with Crippen LogP contribution in [-0.4, -0.2) is 49.9 Å². The fourth-order valence-electron chi connectivity index (χ4n) is 6.05. The maximum Gasteiger partial charge on any atom is 0.472 e. The van der Waals surface area contributed by atoms with Crippen LogP contribution in [0.15, 0.2) is 48.6 Å². The maximum absolute atomic E-state index is 12.6. The van der Waals surface area contributed by atoms with Crippen LogP contribution in [0.2, 0.25) is 0 Å². The van der Waals surface area contributed by atoms with Gasteiger partial charge < -0.3 is 20.1 Å². The molecule has 0 saturated carbocycles. The molecular formula is C45H84NO7P. The van der Waals surface area contributed by atoms with Crippen LogP contribution in [-0.2, 0) is 27.9 Å². The molecule has 2 atom stereocenters. The number of phosphoric acid groups is 1. The zero-order valence-corrected chi connectivity index (χ0v) is 35.8. The van der Waals surface area contributed by atoms with Crippen molar-refractivity contribution in [2.24, 2.45) is 5.73 Å². The summed E-state index contributed by atoms with van der Waals surface area (Å²) in [7, 11) is -4.29. The van der Waals surface area contributed by atoms with Crippen LogP contribution in [0.5, 0.6) is 0 Å². The first-order valence-corrected chi connectivity index (χ1v) is 23.6. The van der Waals surface area contributed by atoms with E-state index >= 15 is 0 Å². The van der Waals surface area contributed by atoms with E-state index in [9.17, 15) is 14.3 Å². The number of carbonyl (C=O) groups is 1. The van der Waals surface area contributed by atoms with Crippen LogP contribution < -0.4 is 5.73 Å². The lowest BCUT2D eigenvalue weighted by Crippen LogP contribution is -2.28. The van der Waals surface area contributed by atoms with Crippen molar-refractivity contribution in [1.82, 2.24) is 0 Å². The van der Waals surface area contributed by atoms with Gasteiger partial charge in [0.1, 0.15) is 6.10 Å². The van der Waals surface area contributed by atoms with E-state index in [-0.39, 0.29) is 38.8 Å².